The molecule has 1 aromatic heterocycles. The highest BCUT2D eigenvalue weighted by molar-refractivity contribution is 5.66. The Kier molecular flexibility index (Phi) is 4.85. The lowest BCUT2D eigenvalue weighted by Gasteiger charge is -2.12. The van der Waals surface area contributed by atoms with Crippen LogP contribution in [0.3, 0.4) is 0 Å². The molecule has 0 fully saturated rings. The number of aliphatic carboxylic acids is 1. The van der Waals surface area contributed by atoms with Crippen LogP contribution in [0.2, 0.25) is 0 Å². The van der Waals surface area contributed by atoms with Crippen LogP contribution in [0.5, 0.6) is 0 Å². The molecule has 8 heteroatoms. The Balaban J connectivity index is 2.67. The number of aryl methyl sites for hydroxylation is 1. The number of carbonyl (C=O) groups is 1. The number of hydrogen-bond acceptors (Lipinski definition) is 5. The van der Waals surface area contributed by atoms with E-state index in [-0.39, 0.29) is 18.2 Å². The van der Waals surface area contributed by atoms with Gasteiger partial charge in [-0.1, -0.05) is 6.92 Å². The first-order chi connectivity index (χ1) is 8.82. The summed E-state index contributed by atoms with van der Waals surface area (Å²) in [6.45, 7) is 4.05. The van der Waals surface area contributed by atoms with E-state index < -0.39 is 10.9 Å². The molecule has 1 rings (SSSR count). The summed E-state index contributed by atoms with van der Waals surface area (Å²) in [5, 5.41) is 22.4. The van der Waals surface area contributed by atoms with Gasteiger partial charge in [0.1, 0.15) is 0 Å². The van der Waals surface area contributed by atoms with Gasteiger partial charge in [-0.2, -0.15) is 0 Å². The Morgan fingerprint density at radius 1 is 1.63 bits per heavy atom. The fourth-order valence-corrected chi connectivity index (χ4v) is 1.66. The first kappa shape index (κ1) is 14.9. The lowest BCUT2D eigenvalue weighted by molar-refractivity contribution is -0.388. The van der Waals surface area contributed by atoms with Crippen LogP contribution in [0.4, 0.5) is 11.6 Å². The van der Waals surface area contributed by atoms with Crippen LogP contribution < -0.4 is 5.32 Å². The maximum atomic E-state index is 10.9. The molecule has 0 aliphatic rings. The average molecular weight is 270 g/mol. The summed E-state index contributed by atoms with van der Waals surface area (Å²) in [6.07, 6.45) is 0.613. The van der Waals surface area contributed by atoms with Crippen LogP contribution in [0.15, 0.2) is 0 Å². The summed E-state index contributed by atoms with van der Waals surface area (Å²) >= 11 is 0. The SMILES string of the molecule is Cc1nc([N+](=O)[O-])c(NCC(C)CCC(=O)O)n1C. The van der Waals surface area contributed by atoms with E-state index in [2.05, 4.69) is 10.3 Å². The van der Waals surface area contributed by atoms with Crippen LogP contribution in [0.1, 0.15) is 25.6 Å². The normalized spacial score (nSPS) is 12.2. The summed E-state index contributed by atoms with van der Waals surface area (Å²) in [4.78, 5) is 24.7. The van der Waals surface area contributed by atoms with Gasteiger partial charge in [-0.25, -0.2) is 0 Å². The predicted molar refractivity (Wildman–Crippen MR) is 69.1 cm³/mol. The predicted octanol–water partition coefficient (Wildman–Crippen LogP) is 1.55. The molecule has 0 radical (unpaired) electrons. The molecule has 0 saturated carbocycles. The number of hydrogen-bond donors (Lipinski definition) is 2. The van der Waals surface area contributed by atoms with Gasteiger partial charge in [-0.15, -0.1) is 0 Å². The molecule has 0 saturated heterocycles. The number of aromatic nitrogens is 2. The van der Waals surface area contributed by atoms with Gasteiger partial charge in [0, 0.05) is 26.9 Å². The number of carboxylic acid groups (broad SMARTS) is 1. The van der Waals surface area contributed by atoms with Gasteiger partial charge < -0.3 is 20.5 Å². The number of nitro groups is 1. The maximum absolute atomic E-state index is 10.9. The lowest BCUT2D eigenvalue weighted by Crippen LogP contribution is -2.15. The molecule has 2 N–H and O–H groups in total. The molecule has 0 spiro atoms. The van der Waals surface area contributed by atoms with Crippen molar-refractivity contribution in [1.29, 1.82) is 0 Å². The standard InChI is InChI=1S/C11H18N4O4/c1-7(4-5-9(16)17)6-12-10-11(15(18)19)13-8(2)14(10)3/h7,12H,4-6H2,1-3H3,(H,16,17). The van der Waals surface area contributed by atoms with Crippen molar-refractivity contribution in [2.75, 3.05) is 11.9 Å². The third kappa shape index (κ3) is 3.94. The highest BCUT2D eigenvalue weighted by Crippen LogP contribution is 2.24. The van der Waals surface area contributed by atoms with E-state index in [9.17, 15) is 14.9 Å². The molecule has 1 heterocycles. The Hall–Kier alpha value is -2.12. The summed E-state index contributed by atoms with van der Waals surface area (Å²) in [5.74, 6) is -0.0392. The van der Waals surface area contributed by atoms with Crippen molar-refractivity contribution in [2.45, 2.75) is 26.7 Å². The zero-order valence-corrected chi connectivity index (χ0v) is 11.2. The van der Waals surface area contributed by atoms with Gasteiger partial charge in [0.2, 0.25) is 11.6 Å². The Morgan fingerprint density at radius 2 is 2.26 bits per heavy atom. The molecule has 0 aromatic carbocycles. The van der Waals surface area contributed by atoms with Crippen LogP contribution in [0.25, 0.3) is 0 Å². The second-order valence-electron chi connectivity index (χ2n) is 4.57. The minimum absolute atomic E-state index is 0.0926. The number of imidazole rings is 1. The molecule has 1 aromatic rings. The molecule has 0 bridgehead atoms. The van der Waals surface area contributed by atoms with Crippen molar-refractivity contribution in [1.82, 2.24) is 9.55 Å². The molecule has 8 nitrogen and oxygen atoms in total. The molecule has 0 aliphatic carbocycles. The van der Waals surface area contributed by atoms with Crippen LogP contribution in [0, 0.1) is 23.0 Å². The zero-order valence-electron chi connectivity index (χ0n) is 11.2. The molecule has 0 amide bonds. The number of anilines is 1. The van der Waals surface area contributed by atoms with Crippen molar-refractivity contribution in [3.8, 4) is 0 Å². The van der Waals surface area contributed by atoms with Gasteiger partial charge >= 0.3 is 11.8 Å². The third-order valence-electron chi connectivity index (χ3n) is 2.94. The quantitative estimate of drug-likeness (QED) is 0.574. The van der Waals surface area contributed by atoms with E-state index in [0.717, 1.165) is 0 Å². The fraction of sp³-hybridized carbons (Fsp3) is 0.636. The topological polar surface area (TPSA) is 110 Å². The Morgan fingerprint density at radius 3 is 2.79 bits per heavy atom. The summed E-state index contributed by atoms with van der Waals surface area (Å²) in [7, 11) is 1.69. The van der Waals surface area contributed by atoms with Gasteiger partial charge in [0.25, 0.3) is 0 Å². The first-order valence-corrected chi connectivity index (χ1v) is 5.96. The molecule has 1 unspecified atom stereocenters. The monoisotopic (exact) mass is 270 g/mol. The van der Waals surface area contributed by atoms with Crippen molar-refractivity contribution in [2.24, 2.45) is 13.0 Å². The number of nitrogens with one attached hydrogen (secondary N) is 1. The largest absolute Gasteiger partial charge is 0.481 e. The Labute approximate surface area is 110 Å². The van der Waals surface area contributed by atoms with E-state index in [0.29, 0.717) is 24.6 Å². The molecular formula is C11H18N4O4. The smallest absolute Gasteiger partial charge is 0.406 e. The zero-order chi connectivity index (χ0) is 14.6. The third-order valence-corrected chi connectivity index (χ3v) is 2.94. The van der Waals surface area contributed by atoms with Gasteiger partial charge in [-0.3, -0.25) is 9.36 Å². The van der Waals surface area contributed by atoms with Crippen molar-refractivity contribution < 1.29 is 14.8 Å². The summed E-state index contributed by atoms with van der Waals surface area (Å²) < 4.78 is 1.61. The molecule has 106 valence electrons. The van der Waals surface area contributed by atoms with Crippen LogP contribution in [-0.4, -0.2) is 32.1 Å². The maximum Gasteiger partial charge on any atom is 0.406 e. The average Bonchev–Trinajstić information content (AvgIpc) is 2.61. The highest BCUT2D eigenvalue weighted by Gasteiger charge is 2.23. The second kappa shape index (κ2) is 6.17. The second-order valence-corrected chi connectivity index (χ2v) is 4.57. The minimum Gasteiger partial charge on any atom is -0.481 e. The van der Waals surface area contributed by atoms with Gasteiger partial charge in [0.05, 0.1) is 0 Å². The Bertz CT molecular complexity index is 483. The van der Waals surface area contributed by atoms with E-state index in [1.54, 1.807) is 18.5 Å². The van der Waals surface area contributed by atoms with E-state index in [4.69, 9.17) is 5.11 Å². The van der Waals surface area contributed by atoms with E-state index >= 15 is 0 Å². The molecule has 1 atom stereocenters. The summed E-state index contributed by atoms with van der Waals surface area (Å²) in [6, 6.07) is 0. The molecule has 19 heavy (non-hydrogen) atoms. The lowest BCUT2D eigenvalue weighted by atomic mass is 10.1. The van der Waals surface area contributed by atoms with E-state index in [1.165, 1.54) is 0 Å². The number of carboxylic acids is 1. The van der Waals surface area contributed by atoms with Gasteiger partial charge in [-0.05, 0) is 22.2 Å². The van der Waals surface area contributed by atoms with Crippen molar-refractivity contribution >= 4 is 17.6 Å². The van der Waals surface area contributed by atoms with Crippen LogP contribution >= 0.6 is 0 Å². The number of nitrogens with zero attached hydrogens (tertiary/aromatic N) is 3. The van der Waals surface area contributed by atoms with E-state index in [1.807, 2.05) is 6.92 Å². The van der Waals surface area contributed by atoms with Crippen LogP contribution in [-0.2, 0) is 11.8 Å². The first-order valence-electron chi connectivity index (χ1n) is 5.96. The van der Waals surface area contributed by atoms with Crippen molar-refractivity contribution in [3.63, 3.8) is 0 Å². The number of rotatable bonds is 7. The molecule has 0 aliphatic heterocycles. The minimum atomic E-state index is -0.839. The van der Waals surface area contributed by atoms with Gasteiger partial charge in [0.15, 0.2) is 0 Å². The highest BCUT2D eigenvalue weighted by atomic mass is 16.6. The van der Waals surface area contributed by atoms with Crippen molar-refractivity contribution in [3.05, 3.63) is 15.9 Å². The fourth-order valence-electron chi connectivity index (χ4n) is 1.66. The molecular weight excluding hydrogens is 252 g/mol. The summed E-state index contributed by atoms with van der Waals surface area (Å²) in [5.41, 5.74) is 0.